The predicted octanol–water partition coefficient (Wildman–Crippen LogP) is 3.35. The van der Waals surface area contributed by atoms with Gasteiger partial charge in [0.15, 0.2) is 0 Å². The number of halogens is 1. The van der Waals surface area contributed by atoms with Crippen molar-refractivity contribution in [3.05, 3.63) is 53.7 Å². The van der Waals surface area contributed by atoms with E-state index in [-0.39, 0.29) is 0 Å². The summed E-state index contributed by atoms with van der Waals surface area (Å²) < 4.78 is 18.0. The first kappa shape index (κ1) is 18.4. The number of hydrogen-bond donors (Lipinski definition) is 3. The Morgan fingerprint density at radius 3 is 2.59 bits per heavy atom. The molecule has 0 spiro atoms. The summed E-state index contributed by atoms with van der Waals surface area (Å²) >= 11 is 0. The molecular weight excluding hydrogens is 283 g/mol. The van der Waals surface area contributed by atoms with Crippen LogP contribution in [0.4, 0.5) is 4.39 Å². The number of nitrogens with two attached hydrogens (primary N) is 1. The molecule has 1 aromatic carbocycles. The lowest BCUT2D eigenvalue weighted by Gasteiger charge is -2.21. The van der Waals surface area contributed by atoms with Crippen LogP contribution in [0.1, 0.15) is 37.0 Å². The minimum Gasteiger partial charge on any atom is -0.375 e. The number of hydrogen-bond acceptors (Lipinski definition) is 4. The highest BCUT2D eigenvalue weighted by molar-refractivity contribution is 5.67. The van der Waals surface area contributed by atoms with E-state index in [4.69, 9.17) is 15.7 Å². The Labute approximate surface area is 131 Å². The van der Waals surface area contributed by atoms with Gasteiger partial charge in [0.2, 0.25) is 0 Å². The van der Waals surface area contributed by atoms with Crippen LogP contribution in [0.5, 0.6) is 0 Å². The lowest BCUT2D eigenvalue weighted by molar-refractivity contribution is 0.0721. The standard InChI is InChI=1S/C17H25FN2O2/c1-3-5-13(6-4-11-20-21)14-7-9-15(10-8-14)17(22-2)16(19)12-18/h4,6-11,16-17,20-21H,3,5,12,19H2,1-2H3/b11-4-,13-6+. The Bertz CT molecular complexity index is 486. The van der Waals surface area contributed by atoms with Gasteiger partial charge in [-0.25, -0.2) is 4.39 Å². The Morgan fingerprint density at radius 2 is 2.09 bits per heavy atom. The average Bonchev–Trinajstić information content (AvgIpc) is 2.55. The maximum Gasteiger partial charge on any atom is 0.107 e. The van der Waals surface area contributed by atoms with Crippen LogP contribution in [0.2, 0.25) is 0 Å². The molecule has 5 heteroatoms. The Morgan fingerprint density at radius 1 is 1.41 bits per heavy atom. The van der Waals surface area contributed by atoms with Crippen molar-refractivity contribution in [2.45, 2.75) is 31.9 Å². The van der Waals surface area contributed by atoms with E-state index in [1.165, 1.54) is 13.3 Å². The topological polar surface area (TPSA) is 67.5 Å². The molecule has 0 aromatic heterocycles. The first-order valence-corrected chi connectivity index (χ1v) is 7.37. The third kappa shape index (κ3) is 5.26. The van der Waals surface area contributed by atoms with Crippen LogP contribution in [0.3, 0.4) is 0 Å². The van der Waals surface area contributed by atoms with Crippen LogP contribution in [0.15, 0.2) is 42.6 Å². The quantitative estimate of drug-likeness (QED) is 0.483. The molecule has 1 rings (SSSR count). The number of hydroxylamine groups is 1. The van der Waals surface area contributed by atoms with Crippen molar-refractivity contribution in [1.82, 2.24) is 5.48 Å². The Balaban J connectivity index is 2.97. The number of alkyl halides is 1. The van der Waals surface area contributed by atoms with E-state index in [2.05, 4.69) is 6.92 Å². The average molecular weight is 308 g/mol. The largest absolute Gasteiger partial charge is 0.375 e. The second-order valence-electron chi connectivity index (χ2n) is 5.03. The molecule has 2 atom stereocenters. The van der Waals surface area contributed by atoms with E-state index in [1.54, 1.807) is 6.08 Å². The normalized spacial score (nSPS) is 15.0. The van der Waals surface area contributed by atoms with Gasteiger partial charge in [0.05, 0.1) is 12.1 Å². The minimum absolute atomic E-state index is 0.448. The molecule has 22 heavy (non-hydrogen) atoms. The smallest absolute Gasteiger partial charge is 0.107 e. The number of benzene rings is 1. The monoisotopic (exact) mass is 308 g/mol. The molecule has 0 saturated carbocycles. The van der Waals surface area contributed by atoms with Gasteiger partial charge in [0, 0.05) is 13.3 Å². The summed E-state index contributed by atoms with van der Waals surface area (Å²) in [5.74, 6) is 0. The van der Waals surface area contributed by atoms with E-state index in [0.717, 1.165) is 29.5 Å². The van der Waals surface area contributed by atoms with Crippen molar-refractivity contribution in [2.75, 3.05) is 13.8 Å². The Kier molecular flexibility index (Phi) is 8.43. The number of allylic oxidation sites excluding steroid dienone is 3. The van der Waals surface area contributed by atoms with Gasteiger partial charge < -0.3 is 10.5 Å². The summed E-state index contributed by atoms with van der Waals surface area (Å²) in [6.07, 6.45) is 6.63. The molecule has 0 amide bonds. The van der Waals surface area contributed by atoms with Crippen molar-refractivity contribution in [1.29, 1.82) is 0 Å². The van der Waals surface area contributed by atoms with Crippen LogP contribution in [-0.4, -0.2) is 25.0 Å². The summed E-state index contributed by atoms with van der Waals surface area (Å²) in [6.45, 7) is 1.48. The zero-order valence-electron chi connectivity index (χ0n) is 13.1. The molecule has 4 nitrogen and oxygen atoms in total. The van der Waals surface area contributed by atoms with Gasteiger partial charge in [0.25, 0.3) is 0 Å². The summed E-state index contributed by atoms with van der Waals surface area (Å²) in [7, 11) is 1.53. The number of rotatable bonds is 9. The van der Waals surface area contributed by atoms with Gasteiger partial charge in [-0.2, -0.15) is 0 Å². The number of methoxy groups -OCH3 is 1. The van der Waals surface area contributed by atoms with Crippen LogP contribution >= 0.6 is 0 Å². The molecule has 2 unspecified atom stereocenters. The van der Waals surface area contributed by atoms with Gasteiger partial charge in [-0.15, -0.1) is 0 Å². The van der Waals surface area contributed by atoms with E-state index < -0.39 is 18.8 Å². The van der Waals surface area contributed by atoms with Gasteiger partial charge in [0.1, 0.15) is 6.67 Å². The third-order valence-electron chi connectivity index (χ3n) is 3.42. The molecule has 0 bridgehead atoms. The maximum absolute atomic E-state index is 12.7. The van der Waals surface area contributed by atoms with E-state index in [9.17, 15) is 4.39 Å². The van der Waals surface area contributed by atoms with Crippen molar-refractivity contribution < 1.29 is 14.3 Å². The highest BCUT2D eigenvalue weighted by Crippen LogP contribution is 2.25. The molecule has 0 heterocycles. The molecular formula is C17H25FN2O2. The molecule has 1 aromatic rings. The SMILES string of the molecule is CCC/C(=C\C=C/NO)c1ccc(C(OC)C(N)CF)cc1. The summed E-state index contributed by atoms with van der Waals surface area (Å²) in [5, 5.41) is 8.56. The van der Waals surface area contributed by atoms with Crippen molar-refractivity contribution in [3.63, 3.8) is 0 Å². The fraction of sp³-hybridized carbons (Fsp3) is 0.412. The summed E-state index contributed by atoms with van der Waals surface area (Å²) in [4.78, 5) is 0. The lowest BCUT2D eigenvalue weighted by atomic mass is 9.97. The first-order valence-electron chi connectivity index (χ1n) is 7.37. The van der Waals surface area contributed by atoms with Gasteiger partial charge in [-0.1, -0.05) is 43.7 Å². The fourth-order valence-electron chi connectivity index (χ4n) is 2.33. The van der Waals surface area contributed by atoms with E-state index in [1.807, 2.05) is 35.8 Å². The van der Waals surface area contributed by atoms with Crippen LogP contribution in [0.25, 0.3) is 5.57 Å². The molecule has 0 fully saturated rings. The van der Waals surface area contributed by atoms with Gasteiger partial charge in [-0.05, 0) is 29.2 Å². The summed E-state index contributed by atoms with van der Waals surface area (Å²) in [6, 6.07) is 7.12. The predicted molar refractivity (Wildman–Crippen MR) is 87.1 cm³/mol. The highest BCUT2D eigenvalue weighted by atomic mass is 19.1. The number of ether oxygens (including phenoxy) is 1. The Hall–Kier alpha value is -1.69. The lowest BCUT2D eigenvalue weighted by Crippen LogP contribution is -2.31. The first-order chi connectivity index (χ1) is 10.7. The number of nitrogens with one attached hydrogen (secondary N) is 1. The van der Waals surface area contributed by atoms with E-state index in [0.29, 0.717) is 0 Å². The fourth-order valence-corrected chi connectivity index (χ4v) is 2.33. The second kappa shape index (κ2) is 10.1. The third-order valence-corrected chi connectivity index (χ3v) is 3.42. The zero-order valence-corrected chi connectivity index (χ0v) is 13.1. The van der Waals surface area contributed by atoms with Crippen molar-refractivity contribution in [2.24, 2.45) is 5.73 Å². The van der Waals surface area contributed by atoms with Gasteiger partial charge >= 0.3 is 0 Å². The second-order valence-corrected chi connectivity index (χ2v) is 5.03. The van der Waals surface area contributed by atoms with Gasteiger partial charge in [-0.3, -0.25) is 10.7 Å². The molecule has 0 aliphatic rings. The maximum atomic E-state index is 12.7. The highest BCUT2D eigenvalue weighted by Gasteiger charge is 2.19. The van der Waals surface area contributed by atoms with Crippen LogP contribution in [-0.2, 0) is 4.74 Å². The minimum atomic E-state index is -0.667. The van der Waals surface area contributed by atoms with Crippen LogP contribution < -0.4 is 11.2 Å². The molecule has 122 valence electrons. The van der Waals surface area contributed by atoms with Crippen molar-refractivity contribution >= 4 is 5.57 Å². The molecule has 0 aliphatic heterocycles. The zero-order chi connectivity index (χ0) is 16.4. The van der Waals surface area contributed by atoms with E-state index >= 15 is 0 Å². The molecule has 4 N–H and O–H groups in total. The molecule has 0 radical (unpaired) electrons. The van der Waals surface area contributed by atoms with Crippen molar-refractivity contribution in [3.8, 4) is 0 Å². The summed E-state index contributed by atoms with van der Waals surface area (Å²) in [5.41, 5.74) is 10.8. The molecule has 0 aliphatic carbocycles. The molecule has 0 saturated heterocycles. The van der Waals surface area contributed by atoms with Crippen LogP contribution in [0, 0.1) is 0 Å².